The van der Waals surface area contributed by atoms with Gasteiger partial charge in [0.25, 0.3) is 0 Å². The van der Waals surface area contributed by atoms with Gasteiger partial charge in [-0.2, -0.15) is 0 Å². The van der Waals surface area contributed by atoms with Crippen LogP contribution in [0.25, 0.3) is 22.3 Å². The fourth-order valence-corrected chi connectivity index (χ4v) is 2.31. The molecule has 0 saturated heterocycles. The summed E-state index contributed by atoms with van der Waals surface area (Å²) in [6.45, 7) is 1.67. The highest BCUT2D eigenvalue weighted by Gasteiger charge is 2.15. The Balaban J connectivity index is 2.31. The van der Waals surface area contributed by atoms with Crippen LogP contribution in [0.1, 0.15) is 15.9 Å². The van der Waals surface area contributed by atoms with Crippen LogP contribution >= 0.6 is 0 Å². The van der Waals surface area contributed by atoms with Crippen molar-refractivity contribution >= 4 is 17.1 Å². The van der Waals surface area contributed by atoms with Gasteiger partial charge in [-0.25, -0.2) is 14.2 Å². The third kappa shape index (κ3) is 2.08. The van der Waals surface area contributed by atoms with Crippen LogP contribution in [-0.4, -0.2) is 20.9 Å². The number of benzene rings is 1. The summed E-state index contributed by atoms with van der Waals surface area (Å²) in [6, 6.07) is 4.22. The largest absolute Gasteiger partial charge is 0.366 e. The lowest BCUT2D eigenvalue weighted by molar-refractivity contribution is 0.0999. The molecule has 0 unspecified atom stereocenters. The van der Waals surface area contributed by atoms with Crippen molar-refractivity contribution in [2.24, 2.45) is 5.73 Å². The monoisotopic (exact) mass is 286 g/mol. The van der Waals surface area contributed by atoms with Gasteiger partial charge in [0.15, 0.2) is 5.65 Å². The number of aromatic amines is 2. The number of amides is 1. The Bertz CT molecular complexity index is 926. The molecule has 0 spiro atoms. The number of imidazole rings is 1. The zero-order valence-electron chi connectivity index (χ0n) is 11.0. The van der Waals surface area contributed by atoms with Crippen LogP contribution in [0.15, 0.2) is 29.2 Å². The number of primary amides is 1. The smallest absolute Gasteiger partial charge is 0.325 e. The van der Waals surface area contributed by atoms with Crippen molar-refractivity contribution in [3.8, 4) is 11.1 Å². The van der Waals surface area contributed by atoms with E-state index in [0.29, 0.717) is 22.3 Å². The maximum atomic E-state index is 14.3. The van der Waals surface area contributed by atoms with Gasteiger partial charge < -0.3 is 10.7 Å². The topological polar surface area (TPSA) is 105 Å². The van der Waals surface area contributed by atoms with Crippen molar-refractivity contribution in [1.82, 2.24) is 15.0 Å². The van der Waals surface area contributed by atoms with E-state index >= 15 is 0 Å². The highest BCUT2D eigenvalue weighted by atomic mass is 19.1. The molecule has 3 rings (SSSR count). The number of nitrogens with one attached hydrogen (secondary N) is 2. The first-order chi connectivity index (χ1) is 9.97. The van der Waals surface area contributed by atoms with Gasteiger partial charge in [0.1, 0.15) is 5.82 Å². The molecule has 2 aromatic heterocycles. The molecule has 21 heavy (non-hydrogen) atoms. The van der Waals surface area contributed by atoms with E-state index < -0.39 is 17.4 Å². The highest BCUT2D eigenvalue weighted by Crippen LogP contribution is 2.29. The molecule has 0 aliphatic heterocycles. The number of nitrogens with zero attached hydrogens (tertiary/aromatic N) is 1. The van der Waals surface area contributed by atoms with Crippen LogP contribution in [0, 0.1) is 12.7 Å². The fourth-order valence-electron chi connectivity index (χ4n) is 2.31. The van der Waals surface area contributed by atoms with Gasteiger partial charge in [-0.15, -0.1) is 0 Å². The van der Waals surface area contributed by atoms with Gasteiger partial charge in [-0.3, -0.25) is 9.78 Å². The summed E-state index contributed by atoms with van der Waals surface area (Å²) in [5.74, 6) is -1.28. The average molecular weight is 286 g/mol. The molecule has 1 amide bonds. The van der Waals surface area contributed by atoms with E-state index in [4.69, 9.17) is 5.73 Å². The number of hydrogen-bond donors (Lipinski definition) is 3. The molecule has 1 aromatic carbocycles. The van der Waals surface area contributed by atoms with Gasteiger partial charge in [-0.05, 0) is 30.7 Å². The fraction of sp³-hybridized carbons (Fsp3) is 0.0714. The number of rotatable bonds is 2. The van der Waals surface area contributed by atoms with E-state index in [-0.39, 0.29) is 11.1 Å². The van der Waals surface area contributed by atoms with Gasteiger partial charge in [0.2, 0.25) is 5.91 Å². The Labute approximate surface area is 117 Å². The van der Waals surface area contributed by atoms with Crippen LogP contribution in [0.4, 0.5) is 4.39 Å². The number of nitrogens with two attached hydrogens (primary N) is 1. The Kier molecular flexibility index (Phi) is 2.83. The molecule has 2 heterocycles. The molecule has 0 radical (unpaired) electrons. The first-order valence-electron chi connectivity index (χ1n) is 6.14. The van der Waals surface area contributed by atoms with Crippen molar-refractivity contribution in [2.75, 3.05) is 0 Å². The van der Waals surface area contributed by atoms with Crippen molar-refractivity contribution in [1.29, 1.82) is 0 Å². The minimum Gasteiger partial charge on any atom is -0.366 e. The van der Waals surface area contributed by atoms with Crippen molar-refractivity contribution in [2.45, 2.75) is 6.92 Å². The van der Waals surface area contributed by atoms with Crippen LogP contribution < -0.4 is 11.4 Å². The molecular weight excluding hydrogens is 275 g/mol. The van der Waals surface area contributed by atoms with E-state index in [0.717, 1.165) is 6.07 Å². The maximum absolute atomic E-state index is 14.3. The lowest BCUT2D eigenvalue weighted by atomic mass is 9.99. The highest BCUT2D eigenvalue weighted by molar-refractivity contribution is 5.96. The molecule has 0 saturated carbocycles. The summed E-state index contributed by atoms with van der Waals surface area (Å²) in [5.41, 5.74) is 6.96. The van der Waals surface area contributed by atoms with Gasteiger partial charge in [-0.1, -0.05) is 0 Å². The number of fused-ring (bicyclic) bond motifs is 1. The summed E-state index contributed by atoms with van der Waals surface area (Å²) >= 11 is 0. The van der Waals surface area contributed by atoms with E-state index in [1.54, 1.807) is 13.0 Å². The summed E-state index contributed by atoms with van der Waals surface area (Å²) in [7, 11) is 0. The molecule has 0 fully saturated rings. The van der Waals surface area contributed by atoms with Gasteiger partial charge >= 0.3 is 5.69 Å². The van der Waals surface area contributed by atoms with Gasteiger partial charge in [0, 0.05) is 22.9 Å². The third-order valence-electron chi connectivity index (χ3n) is 3.29. The summed E-state index contributed by atoms with van der Waals surface area (Å²) in [4.78, 5) is 31.7. The molecule has 6 nitrogen and oxygen atoms in total. The average Bonchev–Trinajstić information content (AvgIpc) is 2.80. The Hall–Kier alpha value is -2.96. The minimum atomic E-state index is -0.687. The quantitative estimate of drug-likeness (QED) is 0.664. The number of aromatic nitrogens is 3. The van der Waals surface area contributed by atoms with E-state index in [9.17, 15) is 14.0 Å². The molecular formula is C14H11FN4O2. The number of H-pyrrole nitrogens is 2. The SMILES string of the molecule is Cc1cc(-c2ccnc3[nH]c(=O)[nH]c23)c(F)cc1C(N)=O. The molecule has 7 heteroatoms. The number of hydrogen-bond acceptors (Lipinski definition) is 3. The van der Waals surface area contributed by atoms with Crippen LogP contribution in [-0.2, 0) is 0 Å². The Morgan fingerprint density at radius 2 is 2.05 bits per heavy atom. The second-order valence-corrected chi connectivity index (χ2v) is 4.67. The van der Waals surface area contributed by atoms with E-state index in [2.05, 4.69) is 15.0 Å². The molecule has 0 atom stereocenters. The second kappa shape index (κ2) is 4.55. The molecule has 4 N–H and O–H groups in total. The maximum Gasteiger partial charge on any atom is 0.325 e. The number of carbonyl (C=O) groups is 1. The van der Waals surface area contributed by atoms with Crippen LogP contribution in [0.5, 0.6) is 0 Å². The number of aryl methyl sites for hydroxylation is 1. The van der Waals surface area contributed by atoms with Crippen molar-refractivity contribution in [3.05, 3.63) is 51.8 Å². The molecule has 106 valence electrons. The Morgan fingerprint density at radius 3 is 2.76 bits per heavy atom. The minimum absolute atomic E-state index is 0.129. The predicted octanol–water partition coefficient (Wildman–Crippen LogP) is 1.46. The zero-order chi connectivity index (χ0) is 15.1. The van der Waals surface area contributed by atoms with Gasteiger partial charge in [0.05, 0.1) is 5.52 Å². The van der Waals surface area contributed by atoms with Crippen LogP contribution in [0.2, 0.25) is 0 Å². The summed E-state index contributed by atoms with van der Waals surface area (Å²) < 4.78 is 14.3. The number of pyridine rings is 1. The first kappa shape index (κ1) is 13.0. The second-order valence-electron chi connectivity index (χ2n) is 4.67. The lowest BCUT2D eigenvalue weighted by Crippen LogP contribution is -2.13. The van der Waals surface area contributed by atoms with E-state index in [1.165, 1.54) is 12.3 Å². The third-order valence-corrected chi connectivity index (χ3v) is 3.29. The van der Waals surface area contributed by atoms with Crippen molar-refractivity contribution < 1.29 is 9.18 Å². The summed E-state index contributed by atoms with van der Waals surface area (Å²) in [5, 5.41) is 0. The van der Waals surface area contributed by atoms with E-state index in [1.807, 2.05) is 0 Å². The number of halogens is 1. The molecule has 0 bridgehead atoms. The summed E-state index contributed by atoms with van der Waals surface area (Å²) in [6.07, 6.45) is 1.47. The lowest BCUT2D eigenvalue weighted by Gasteiger charge is -2.09. The zero-order valence-corrected chi connectivity index (χ0v) is 11.0. The molecule has 3 aromatic rings. The number of carbonyl (C=O) groups excluding carboxylic acids is 1. The molecule has 0 aliphatic rings. The Morgan fingerprint density at radius 1 is 1.29 bits per heavy atom. The van der Waals surface area contributed by atoms with Crippen molar-refractivity contribution in [3.63, 3.8) is 0 Å². The normalized spacial score (nSPS) is 11.0. The predicted molar refractivity (Wildman–Crippen MR) is 75.4 cm³/mol. The molecule has 0 aliphatic carbocycles. The van der Waals surface area contributed by atoms with Crippen LogP contribution in [0.3, 0.4) is 0 Å². The standard InChI is InChI=1S/C14H11FN4O2/c1-6-4-9(10(15)5-8(6)12(16)20)7-2-3-17-13-11(7)18-14(21)19-13/h2-5H,1H3,(H2,16,20)(H2,17,18,19,21). The first-order valence-corrected chi connectivity index (χ1v) is 6.14.